The molecule has 5 heteroatoms. The Kier molecular flexibility index (Phi) is 4.12. The first kappa shape index (κ1) is 13.5. The lowest BCUT2D eigenvalue weighted by atomic mass is 10.1. The fourth-order valence-corrected chi connectivity index (χ4v) is 2.04. The normalized spacial score (nSPS) is 12.1. The highest BCUT2D eigenvalue weighted by Crippen LogP contribution is 2.22. The first-order valence-electron chi connectivity index (χ1n) is 5.88. The van der Waals surface area contributed by atoms with E-state index in [-0.39, 0.29) is 11.6 Å². The second-order valence-electron chi connectivity index (χ2n) is 4.32. The van der Waals surface area contributed by atoms with Gasteiger partial charge in [0.25, 0.3) is 0 Å². The SMILES string of the molecule is CC(Cc1ccco1)Nc1cc(Cl)ccc1C(=O)O. The van der Waals surface area contributed by atoms with Gasteiger partial charge < -0.3 is 14.8 Å². The Labute approximate surface area is 116 Å². The molecule has 0 radical (unpaired) electrons. The number of halogens is 1. The third-order valence-corrected chi connectivity index (χ3v) is 2.94. The van der Waals surface area contributed by atoms with Crippen LogP contribution in [0.4, 0.5) is 5.69 Å². The number of aromatic carboxylic acids is 1. The van der Waals surface area contributed by atoms with Gasteiger partial charge >= 0.3 is 5.97 Å². The second-order valence-corrected chi connectivity index (χ2v) is 4.76. The summed E-state index contributed by atoms with van der Waals surface area (Å²) >= 11 is 5.90. The molecule has 2 rings (SSSR count). The van der Waals surface area contributed by atoms with Gasteiger partial charge in [0.2, 0.25) is 0 Å². The largest absolute Gasteiger partial charge is 0.478 e. The average Bonchev–Trinajstić information content (AvgIpc) is 2.81. The molecule has 1 heterocycles. The van der Waals surface area contributed by atoms with Crippen LogP contribution in [0, 0.1) is 0 Å². The van der Waals surface area contributed by atoms with Crippen LogP contribution < -0.4 is 5.32 Å². The molecule has 0 spiro atoms. The number of carboxylic acid groups (broad SMARTS) is 1. The molecule has 4 nitrogen and oxygen atoms in total. The minimum absolute atomic E-state index is 0.0303. The number of hydrogen-bond acceptors (Lipinski definition) is 3. The maximum atomic E-state index is 11.1. The molecule has 2 N–H and O–H groups in total. The van der Waals surface area contributed by atoms with Gasteiger partial charge in [-0.2, -0.15) is 0 Å². The molecule has 0 aliphatic rings. The molecule has 1 aromatic heterocycles. The minimum Gasteiger partial charge on any atom is -0.478 e. The van der Waals surface area contributed by atoms with Crippen LogP contribution in [-0.2, 0) is 6.42 Å². The molecule has 100 valence electrons. The topological polar surface area (TPSA) is 62.5 Å². The summed E-state index contributed by atoms with van der Waals surface area (Å²) < 4.78 is 5.26. The van der Waals surface area contributed by atoms with Gasteiger partial charge in [-0.15, -0.1) is 0 Å². The van der Waals surface area contributed by atoms with E-state index in [1.807, 2.05) is 19.1 Å². The molecule has 0 amide bonds. The average molecular weight is 280 g/mol. The van der Waals surface area contributed by atoms with Gasteiger partial charge in [0.05, 0.1) is 17.5 Å². The lowest BCUT2D eigenvalue weighted by molar-refractivity contribution is 0.0698. The third-order valence-electron chi connectivity index (χ3n) is 2.70. The van der Waals surface area contributed by atoms with E-state index in [1.54, 1.807) is 18.4 Å². The van der Waals surface area contributed by atoms with E-state index in [0.717, 1.165) is 5.76 Å². The number of furan rings is 1. The summed E-state index contributed by atoms with van der Waals surface area (Å²) in [4.78, 5) is 11.1. The molecule has 2 aromatic rings. The Hall–Kier alpha value is -1.94. The van der Waals surface area contributed by atoms with Crippen molar-refractivity contribution in [3.8, 4) is 0 Å². The number of carboxylic acids is 1. The van der Waals surface area contributed by atoms with Crippen LogP contribution in [0.15, 0.2) is 41.0 Å². The minimum atomic E-state index is -0.982. The van der Waals surface area contributed by atoms with Gasteiger partial charge in [0.15, 0.2) is 0 Å². The van der Waals surface area contributed by atoms with E-state index in [1.165, 1.54) is 6.07 Å². The highest BCUT2D eigenvalue weighted by Gasteiger charge is 2.13. The van der Waals surface area contributed by atoms with Crippen LogP contribution in [0.3, 0.4) is 0 Å². The molecule has 0 aliphatic carbocycles. The molecular formula is C14H14ClNO3. The highest BCUT2D eigenvalue weighted by atomic mass is 35.5. The standard InChI is InChI=1S/C14H14ClNO3/c1-9(7-11-3-2-6-19-11)16-13-8-10(15)4-5-12(13)14(17)18/h2-6,8-9,16H,7H2,1H3,(H,17,18). The van der Waals surface area contributed by atoms with E-state index in [0.29, 0.717) is 17.1 Å². The van der Waals surface area contributed by atoms with Gasteiger partial charge in [-0.3, -0.25) is 0 Å². The lowest BCUT2D eigenvalue weighted by Gasteiger charge is -2.16. The zero-order chi connectivity index (χ0) is 13.8. The maximum Gasteiger partial charge on any atom is 0.337 e. The van der Waals surface area contributed by atoms with Crippen molar-refractivity contribution in [2.75, 3.05) is 5.32 Å². The van der Waals surface area contributed by atoms with E-state index >= 15 is 0 Å². The zero-order valence-corrected chi connectivity index (χ0v) is 11.1. The number of carbonyl (C=O) groups is 1. The lowest BCUT2D eigenvalue weighted by Crippen LogP contribution is -2.19. The van der Waals surface area contributed by atoms with Crippen molar-refractivity contribution in [2.24, 2.45) is 0 Å². The summed E-state index contributed by atoms with van der Waals surface area (Å²) in [6.07, 6.45) is 2.28. The van der Waals surface area contributed by atoms with E-state index < -0.39 is 5.97 Å². The number of nitrogens with one attached hydrogen (secondary N) is 1. The molecule has 1 aromatic carbocycles. The Morgan fingerprint density at radius 1 is 1.47 bits per heavy atom. The van der Waals surface area contributed by atoms with Crippen LogP contribution in [0.5, 0.6) is 0 Å². The summed E-state index contributed by atoms with van der Waals surface area (Å²) in [7, 11) is 0. The summed E-state index contributed by atoms with van der Waals surface area (Å²) in [5.41, 5.74) is 0.717. The fraction of sp³-hybridized carbons (Fsp3) is 0.214. The second kappa shape index (κ2) is 5.80. The molecule has 0 bridgehead atoms. The fourth-order valence-electron chi connectivity index (χ4n) is 1.87. The van der Waals surface area contributed by atoms with E-state index in [4.69, 9.17) is 21.1 Å². The van der Waals surface area contributed by atoms with E-state index in [9.17, 15) is 4.79 Å². The number of benzene rings is 1. The summed E-state index contributed by atoms with van der Waals surface area (Å²) in [6, 6.07) is 8.41. The van der Waals surface area contributed by atoms with Gasteiger partial charge in [-0.25, -0.2) is 4.79 Å². The van der Waals surface area contributed by atoms with Crippen LogP contribution in [0.25, 0.3) is 0 Å². The smallest absolute Gasteiger partial charge is 0.337 e. The molecule has 19 heavy (non-hydrogen) atoms. The van der Waals surface area contributed by atoms with Crippen molar-refractivity contribution in [2.45, 2.75) is 19.4 Å². The van der Waals surface area contributed by atoms with Crippen molar-refractivity contribution >= 4 is 23.3 Å². The number of rotatable bonds is 5. The number of anilines is 1. The van der Waals surface area contributed by atoms with Crippen molar-refractivity contribution < 1.29 is 14.3 Å². The third kappa shape index (κ3) is 3.51. The van der Waals surface area contributed by atoms with Gasteiger partial charge in [-0.1, -0.05) is 11.6 Å². The molecule has 0 aliphatic heterocycles. The monoisotopic (exact) mass is 279 g/mol. The van der Waals surface area contributed by atoms with Crippen molar-refractivity contribution in [1.29, 1.82) is 0 Å². The molecule has 1 atom stereocenters. The zero-order valence-electron chi connectivity index (χ0n) is 10.4. The Balaban J connectivity index is 2.13. The predicted octanol–water partition coefficient (Wildman–Crippen LogP) is 3.67. The molecule has 0 saturated heterocycles. The van der Waals surface area contributed by atoms with Crippen LogP contribution in [0.1, 0.15) is 23.0 Å². The summed E-state index contributed by atoms with van der Waals surface area (Å²) in [5, 5.41) is 12.8. The Morgan fingerprint density at radius 3 is 2.89 bits per heavy atom. The summed E-state index contributed by atoms with van der Waals surface area (Å²) in [5.74, 6) is -0.136. The predicted molar refractivity (Wildman–Crippen MR) is 73.9 cm³/mol. The number of hydrogen-bond donors (Lipinski definition) is 2. The first-order valence-corrected chi connectivity index (χ1v) is 6.26. The van der Waals surface area contributed by atoms with E-state index in [2.05, 4.69) is 5.32 Å². The molecular weight excluding hydrogens is 266 g/mol. The van der Waals surface area contributed by atoms with Crippen LogP contribution in [0.2, 0.25) is 5.02 Å². The molecule has 0 fully saturated rings. The van der Waals surface area contributed by atoms with Gasteiger partial charge in [0, 0.05) is 17.5 Å². The van der Waals surface area contributed by atoms with Crippen molar-refractivity contribution in [3.05, 3.63) is 52.9 Å². The maximum absolute atomic E-state index is 11.1. The van der Waals surface area contributed by atoms with Gasteiger partial charge in [0.1, 0.15) is 5.76 Å². The quantitative estimate of drug-likeness (QED) is 0.876. The summed E-state index contributed by atoms with van der Waals surface area (Å²) in [6.45, 7) is 1.95. The molecule has 1 unspecified atom stereocenters. The Bertz CT molecular complexity index is 566. The Morgan fingerprint density at radius 2 is 2.26 bits per heavy atom. The van der Waals surface area contributed by atoms with Crippen LogP contribution in [-0.4, -0.2) is 17.1 Å². The van der Waals surface area contributed by atoms with Crippen molar-refractivity contribution in [3.63, 3.8) is 0 Å². The van der Waals surface area contributed by atoms with Gasteiger partial charge in [-0.05, 0) is 37.3 Å². The molecule has 0 saturated carbocycles. The first-order chi connectivity index (χ1) is 9.06. The van der Waals surface area contributed by atoms with Crippen LogP contribution >= 0.6 is 11.6 Å². The van der Waals surface area contributed by atoms with Crippen molar-refractivity contribution in [1.82, 2.24) is 0 Å². The highest BCUT2D eigenvalue weighted by molar-refractivity contribution is 6.31.